The summed E-state index contributed by atoms with van der Waals surface area (Å²) in [6, 6.07) is 5.44. The zero-order valence-corrected chi connectivity index (χ0v) is 10.3. The highest BCUT2D eigenvalue weighted by atomic mass is 16.5. The number of benzene rings is 1. The maximum Gasteiger partial charge on any atom is 0.119 e. The van der Waals surface area contributed by atoms with Gasteiger partial charge in [0.2, 0.25) is 0 Å². The number of aliphatic hydroxyl groups is 2. The van der Waals surface area contributed by atoms with Crippen LogP contribution in [-0.4, -0.2) is 22.9 Å². The van der Waals surface area contributed by atoms with Crippen LogP contribution in [0.3, 0.4) is 0 Å². The largest absolute Gasteiger partial charge is 0.497 e. The van der Waals surface area contributed by atoms with Gasteiger partial charge in [-0.25, -0.2) is 0 Å². The lowest BCUT2D eigenvalue weighted by atomic mass is 9.88. The van der Waals surface area contributed by atoms with Crippen LogP contribution in [0.5, 0.6) is 5.75 Å². The van der Waals surface area contributed by atoms with Crippen molar-refractivity contribution in [2.45, 2.75) is 38.9 Å². The molecule has 2 N–H and O–H groups in total. The molecule has 0 radical (unpaired) electrons. The smallest absolute Gasteiger partial charge is 0.119 e. The number of hydrogen-bond donors (Lipinski definition) is 2. The third-order valence-electron chi connectivity index (χ3n) is 3.08. The molecule has 2 unspecified atom stereocenters. The molecule has 16 heavy (non-hydrogen) atoms. The Bertz CT molecular complexity index is 358. The fourth-order valence-corrected chi connectivity index (χ4v) is 1.61. The van der Waals surface area contributed by atoms with Crippen molar-refractivity contribution in [3.05, 3.63) is 29.3 Å². The molecule has 2 atom stereocenters. The molecule has 0 aromatic heterocycles. The molecule has 3 heteroatoms. The minimum absolute atomic E-state index is 0.500. The quantitative estimate of drug-likeness (QED) is 0.824. The van der Waals surface area contributed by atoms with E-state index in [2.05, 4.69) is 0 Å². The Morgan fingerprint density at radius 2 is 2.06 bits per heavy atom. The molecule has 0 saturated heterocycles. The van der Waals surface area contributed by atoms with Crippen molar-refractivity contribution in [1.82, 2.24) is 0 Å². The monoisotopic (exact) mass is 224 g/mol. The Kier molecular flexibility index (Phi) is 3.94. The Morgan fingerprint density at radius 1 is 1.44 bits per heavy atom. The second-order valence-electron chi connectivity index (χ2n) is 4.34. The van der Waals surface area contributed by atoms with E-state index in [1.807, 2.05) is 19.9 Å². The molecule has 1 rings (SSSR count). The molecule has 0 amide bonds. The SMILES string of the molecule is CCC(C)(O)C(O)c1ccc(OC)cc1C. The first kappa shape index (κ1) is 13.0. The van der Waals surface area contributed by atoms with Crippen molar-refractivity contribution in [1.29, 1.82) is 0 Å². The van der Waals surface area contributed by atoms with Gasteiger partial charge in [-0.3, -0.25) is 0 Å². The zero-order valence-electron chi connectivity index (χ0n) is 10.3. The summed E-state index contributed by atoms with van der Waals surface area (Å²) in [6.45, 7) is 5.39. The number of aliphatic hydroxyl groups excluding tert-OH is 1. The number of ether oxygens (including phenoxy) is 1. The van der Waals surface area contributed by atoms with Gasteiger partial charge in [0.15, 0.2) is 0 Å². The van der Waals surface area contributed by atoms with Crippen molar-refractivity contribution < 1.29 is 14.9 Å². The Morgan fingerprint density at radius 3 is 2.50 bits per heavy atom. The van der Waals surface area contributed by atoms with Crippen molar-refractivity contribution in [3.63, 3.8) is 0 Å². The molecule has 0 aliphatic rings. The summed E-state index contributed by atoms with van der Waals surface area (Å²) >= 11 is 0. The van der Waals surface area contributed by atoms with Crippen LogP contribution in [0.1, 0.15) is 37.5 Å². The van der Waals surface area contributed by atoms with Gasteiger partial charge in [-0.15, -0.1) is 0 Å². The number of hydrogen-bond acceptors (Lipinski definition) is 3. The summed E-state index contributed by atoms with van der Waals surface area (Å²) in [5.74, 6) is 0.754. The molecule has 0 spiro atoms. The van der Waals surface area contributed by atoms with E-state index < -0.39 is 11.7 Å². The topological polar surface area (TPSA) is 49.7 Å². The van der Waals surface area contributed by atoms with Gasteiger partial charge in [0.05, 0.1) is 12.7 Å². The third-order valence-corrected chi connectivity index (χ3v) is 3.08. The van der Waals surface area contributed by atoms with Crippen LogP contribution >= 0.6 is 0 Å². The van der Waals surface area contributed by atoms with Gasteiger partial charge in [-0.05, 0) is 43.5 Å². The normalized spacial score (nSPS) is 16.6. The second kappa shape index (κ2) is 4.85. The minimum atomic E-state index is -1.10. The molecule has 1 aromatic rings. The van der Waals surface area contributed by atoms with E-state index in [9.17, 15) is 10.2 Å². The lowest BCUT2D eigenvalue weighted by Gasteiger charge is -2.29. The van der Waals surface area contributed by atoms with E-state index in [0.29, 0.717) is 6.42 Å². The molecular weight excluding hydrogens is 204 g/mol. The predicted octanol–water partition coefficient (Wildman–Crippen LogP) is 2.20. The van der Waals surface area contributed by atoms with Gasteiger partial charge in [0.25, 0.3) is 0 Å². The number of rotatable bonds is 4. The highest BCUT2D eigenvalue weighted by Crippen LogP contribution is 2.31. The van der Waals surface area contributed by atoms with E-state index in [-0.39, 0.29) is 0 Å². The van der Waals surface area contributed by atoms with Crippen molar-refractivity contribution in [3.8, 4) is 5.75 Å². The summed E-state index contributed by atoms with van der Waals surface area (Å²) in [7, 11) is 1.60. The zero-order chi connectivity index (χ0) is 12.3. The van der Waals surface area contributed by atoms with E-state index in [1.165, 1.54) is 0 Å². The van der Waals surface area contributed by atoms with E-state index in [0.717, 1.165) is 16.9 Å². The Balaban J connectivity index is 3.05. The molecule has 0 aliphatic carbocycles. The Hall–Kier alpha value is -1.06. The molecule has 90 valence electrons. The van der Waals surface area contributed by atoms with E-state index in [1.54, 1.807) is 26.2 Å². The molecule has 1 aromatic carbocycles. The van der Waals surface area contributed by atoms with Crippen molar-refractivity contribution in [2.75, 3.05) is 7.11 Å². The van der Waals surface area contributed by atoms with Gasteiger partial charge >= 0.3 is 0 Å². The van der Waals surface area contributed by atoms with Crippen LogP contribution in [-0.2, 0) is 0 Å². The molecular formula is C13H20O3. The fraction of sp³-hybridized carbons (Fsp3) is 0.538. The average Bonchev–Trinajstić information content (AvgIpc) is 2.28. The molecule has 3 nitrogen and oxygen atoms in total. The first-order valence-electron chi connectivity index (χ1n) is 5.47. The number of methoxy groups -OCH3 is 1. The molecule has 0 aliphatic heterocycles. The highest BCUT2D eigenvalue weighted by molar-refractivity contribution is 5.36. The van der Waals surface area contributed by atoms with E-state index >= 15 is 0 Å². The summed E-state index contributed by atoms with van der Waals surface area (Å²) in [6.07, 6.45) is -0.372. The standard InChI is InChI=1S/C13H20O3/c1-5-13(3,15)12(14)11-7-6-10(16-4)8-9(11)2/h6-8,12,14-15H,5H2,1-4H3. The first-order chi connectivity index (χ1) is 7.42. The van der Waals surface area contributed by atoms with Gasteiger partial charge < -0.3 is 14.9 Å². The minimum Gasteiger partial charge on any atom is -0.497 e. The van der Waals surface area contributed by atoms with E-state index in [4.69, 9.17) is 4.74 Å². The molecule has 0 heterocycles. The summed E-state index contributed by atoms with van der Waals surface area (Å²) < 4.78 is 5.10. The maximum absolute atomic E-state index is 10.1. The van der Waals surface area contributed by atoms with Crippen LogP contribution in [0.4, 0.5) is 0 Å². The van der Waals surface area contributed by atoms with Crippen LogP contribution in [0.25, 0.3) is 0 Å². The van der Waals surface area contributed by atoms with Gasteiger partial charge in [0, 0.05) is 0 Å². The lowest BCUT2D eigenvalue weighted by molar-refractivity contribution is -0.0661. The van der Waals surface area contributed by atoms with Crippen LogP contribution in [0.15, 0.2) is 18.2 Å². The lowest BCUT2D eigenvalue weighted by Crippen LogP contribution is -2.32. The number of aryl methyl sites for hydroxylation is 1. The Labute approximate surface area is 96.7 Å². The van der Waals surface area contributed by atoms with Crippen LogP contribution in [0.2, 0.25) is 0 Å². The predicted molar refractivity (Wildman–Crippen MR) is 63.6 cm³/mol. The third kappa shape index (κ3) is 2.54. The van der Waals surface area contributed by atoms with Crippen molar-refractivity contribution >= 4 is 0 Å². The molecule has 0 fully saturated rings. The molecule has 0 saturated carbocycles. The maximum atomic E-state index is 10.1. The average molecular weight is 224 g/mol. The summed E-state index contributed by atoms with van der Waals surface area (Å²) in [5, 5.41) is 20.1. The van der Waals surface area contributed by atoms with Gasteiger partial charge in [-0.2, -0.15) is 0 Å². The highest BCUT2D eigenvalue weighted by Gasteiger charge is 2.30. The van der Waals surface area contributed by atoms with Crippen LogP contribution < -0.4 is 4.74 Å². The summed E-state index contributed by atoms with van der Waals surface area (Å²) in [5.41, 5.74) is 0.563. The van der Waals surface area contributed by atoms with Gasteiger partial charge in [-0.1, -0.05) is 13.0 Å². The fourth-order valence-electron chi connectivity index (χ4n) is 1.61. The van der Waals surface area contributed by atoms with Gasteiger partial charge in [0.1, 0.15) is 11.9 Å². The second-order valence-corrected chi connectivity index (χ2v) is 4.34. The van der Waals surface area contributed by atoms with Crippen molar-refractivity contribution in [2.24, 2.45) is 0 Å². The first-order valence-corrected chi connectivity index (χ1v) is 5.47. The molecule has 0 bridgehead atoms. The van der Waals surface area contributed by atoms with Crippen LogP contribution in [0, 0.1) is 6.92 Å². The summed E-state index contributed by atoms with van der Waals surface area (Å²) in [4.78, 5) is 0.